The first-order chi connectivity index (χ1) is 12.3. The summed E-state index contributed by atoms with van der Waals surface area (Å²) in [5.74, 6) is 0.550. The SMILES string of the molecule is Cc1nc(SCC(=O)Nc2ccc(OC(F)F)cc2)n(CC(C)C)c1C. The Bertz CT molecular complexity index is 746. The average molecular weight is 383 g/mol. The third-order valence-electron chi connectivity index (χ3n) is 3.67. The number of hydrogen-bond donors (Lipinski definition) is 1. The summed E-state index contributed by atoms with van der Waals surface area (Å²) in [7, 11) is 0. The van der Waals surface area contributed by atoms with Gasteiger partial charge in [0.15, 0.2) is 5.16 Å². The van der Waals surface area contributed by atoms with Gasteiger partial charge in [0, 0.05) is 17.9 Å². The maximum atomic E-state index is 12.2. The molecule has 1 amide bonds. The molecule has 2 rings (SSSR count). The first kappa shape index (κ1) is 20.2. The van der Waals surface area contributed by atoms with Gasteiger partial charge in [-0.05, 0) is 44.0 Å². The number of hydrogen-bond acceptors (Lipinski definition) is 4. The second kappa shape index (κ2) is 9.02. The Kier molecular flexibility index (Phi) is 7.02. The Balaban J connectivity index is 1.94. The molecule has 142 valence electrons. The molecule has 0 aliphatic heterocycles. The molecule has 2 aromatic rings. The smallest absolute Gasteiger partial charge is 0.387 e. The molecule has 1 N–H and O–H groups in total. The van der Waals surface area contributed by atoms with Crippen LogP contribution in [0.1, 0.15) is 25.2 Å². The van der Waals surface area contributed by atoms with E-state index in [9.17, 15) is 13.6 Å². The van der Waals surface area contributed by atoms with Gasteiger partial charge in [0.05, 0.1) is 11.4 Å². The first-order valence-corrected chi connectivity index (χ1v) is 9.26. The van der Waals surface area contributed by atoms with Crippen LogP contribution in [0.4, 0.5) is 14.5 Å². The summed E-state index contributed by atoms with van der Waals surface area (Å²) in [4.78, 5) is 16.7. The van der Waals surface area contributed by atoms with Crippen molar-refractivity contribution in [1.82, 2.24) is 9.55 Å². The van der Waals surface area contributed by atoms with Gasteiger partial charge in [-0.25, -0.2) is 4.98 Å². The summed E-state index contributed by atoms with van der Waals surface area (Å²) in [6, 6.07) is 5.82. The molecule has 5 nitrogen and oxygen atoms in total. The van der Waals surface area contributed by atoms with Crippen LogP contribution in [0.5, 0.6) is 5.75 Å². The Morgan fingerprint density at radius 3 is 2.50 bits per heavy atom. The molecule has 26 heavy (non-hydrogen) atoms. The number of aryl methyl sites for hydroxylation is 1. The molecule has 0 fully saturated rings. The molecule has 0 radical (unpaired) electrons. The van der Waals surface area contributed by atoms with Crippen molar-refractivity contribution in [2.75, 3.05) is 11.1 Å². The maximum absolute atomic E-state index is 12.2. The molecule has 0 saturated heterocycles. The van der Waals surface area contributed by atoms with Gasteiger partial charge in [-0.3, -0.25) is 4.79 Å². The van der Waals surface area contributed by atoms with Crippen molar-refractivity contribution in [2.24, 2.45) is 5.92 Å². The van der Waals surface area contributed by atoms with Gasteiger partial charge in [-0.15, -0.1) is 0 Å². The molecule has 1 heterocycles. The van der Waals surface area contributed by atoms with Crippen molar-refractivity contribution in [3.63, 3.8) is 0 Å². The van der Waals surface area contributed by atoms with Crippen LogP contribution in [0.2, 0.25) is 0 Å². The third-order valence-corrected chi connectivity index (χ3v) is 4.64. The summed E-state index contributed by atoms with van der Waals surface area (Å²) in [6.07, 6.45) is 0. The average Bonchev–Trinajstić information content (AvgIpc) is 2.81. The molecule has 0 bridgehead atoms. The first-order valence-electron chi connectivity index (χ1n) is 8.27. The third kappa shape index (κ3) is 5.72. The van der Waals surface area contributed by atoms with Gasteiger partial charge < -0.3 is 14.6 Å². The standard InChI is InChI=1S/C18H23F2N3O2S/c1-11(2)9-23-13(4)12(3)21-18(23)26-10-16(24)22-14-5-7-15(8-6-14)25-17(19)20/h5-8,11,17H,9-10H2,1-4H3,(H,22,24). The van der Waals surface area contributed by atoms with E-state index in [4.69, 9.17) is 0 Å². The molecular weight excluding hydrogens is 360 g/mol. The highest BCUT2D eigenvalue weighted by Crippen LogP contribution is 2.23. The number of halogens is 2. The highest BCUT2D eigenvalue weighted by molar-refractivity contribution is 7.99. The lowest BCUT2D eigenvalue weighted by molar-refractivity contribution is -0.113. The van der Waals surface area contributed by atoms with Crippen LogP contribution < -0.4 is 10.1 Å². The predicted molar refractivity (Wildman–Crippen MR) is 99.0 cm³/mol. The molecule has 1 aromatic heterocycles. The second-order valence-electron chi connectivity index (χ2n) is 6.31. The van der Waals surface area contributed by atoms with Gasteiger partial charge >= 0.3 is 6.61 Å². The van der Waals surface area contributed by atoms with Crippen molar-refractivity contribution in [3.8, 4) is 5.75 Å². The fraction of sp³-hybridized carbons (Fsp3) is 0.444. The summed E-state index contributed by atoms with van der Waals surface area (Å²) < 4.78 is 30.7. The van der Waals surface area contributed by atoms with Gasteiger partial charge in [0.25, 0.3) is 0 Å². The van der Waals surface area contributed by atoms with Crippen LogP contribution in [-0.4, -0.2) is 27.8 Å². The second-order valence-corrected chi connectivity index (χ2v) is 7.25. The lowest BCUT2D eigenvalue weighted by Gasteiger charge is -2.12. The number of nitrogens with one attached hydrogen (secondary N) is 1. The van der Waals surface area contributed by atoms with E-state index in [1.165, 1.54) is 36.0 Å². The Hall–Kier alpha value is -2.09. The van der Waals surface area contributed by atoms with Gasteiger partial charge in [-0.1, -0.05) is 25.6 Å². The summed E-state index contributed by atoms with van der Waals surface area (Å²) in [5, 5.41) is 3.56. The maximum Gasteiger partial charge on any atom is 0.387 e. The zero-order valence-electron chi connectivity index (χ0n) is 15.3. The molecule has 0 spiro atoms. The monoisotopic (exact) mass is 383 g/mol. The number of rotatable bonds is 8. The highest BCUT2D eigenvalue weighted by Gasteiger charge is 2.14. The Labute approximate surface area is 156 Å². The van der Waals surface area contributed by atoms with Crippen LogP contribution in [0.15, 0.2) is 29.4 Å². The quantitative estimate of drug-likeness (QED) is 0.683. The number of thioether (sulfide) groups is 1. The molecule has 0 aliphatic rings. The van der Waals surface area contributed by atoms with Crippen molar-refractivity contribution in [1.29, 1.82) is 0 Å². The van der Waals surface area contributed by atoms with Crippen LogP contribution in [0.3, 0.4) is 0 Å². The molecule has 8 heteroatoms. The summed E-state index contributed by atoms with van der Waals surface area (Å²) in [6.45, 7) is 6.24. The molecule has 0 aliphatic carbocycles. The number of nitrogens with zero attached hydrogens (tertiary/aromatic N) is 2. The van der Waals surface area contributed by atoms with Crippen molar-refractivity contribution in [3.05, 3.63) is 35.7 Å². The van der Waals surface area contributed by atoms with E-state index in [-0.39, 0.29) is 17.4 Å². The predicted octanol–water partition coefficient (Wildman–Crippen LogP) is 4.49. The number of benzene rings is 1. The highest BCUT2D eigenvalue weighted by atomic mass is 32.2. The molecule has 0 unspecified atom stereocenters. The van der Waals surface area contributed by atoms with E-state index in [2.05, 4.69) is 33.5 Å². The number of carbonyl (C=O) groups is 1. The molecule has 0 atom stereocenters. The summed E-state index contributed by atoms with van der Waals surface area (Å²) >= 11 is 1.38. The fourth-order valence-corrected chi connectivity index (χ4v) is 3.26. The van der Waals surface area contributed by atoms with E-state index in [0.29, 0.717) is 11.6 Å². The van der Waals surface area contributed by atoms with Crippen LogP contribution >= 0.6 is 11.8 Å². The number of anilines is 1. The van der Waals surface area contributed by atoms with Crippen LogP contribution in [0, 0.1) is 19.8 Å². The van der Waals surface area contributed by atoms with Crippen molar-refractivity contribution >= 4 is 23.4 Å². The van der Waals surface area contributed by atoms with Gasteiger partial charge in [0.2, 0.25) is 5.91 Å². The molecule has 0 saturated carbocycles. The minimum atomic E-state index is -2.87. The van der Waals surface area contributed by atoms with Gasteiger partial charge in [0.1, 0.15) is 5.75 Å². The Morgan fingerprint density at radius 1 is 1.27 bits per heavy atom. The minimum absolute atomic E-state index is 0.0500. The topological polar surface area (TPSA) is 56.1 Å². The normalized spacial score (nSPS) is 11.2. The number of carbonyl (C=O) groups excluding carboxylic acids is 1. The van der Waals surface area contributed by atoms with E-state index >= 15 is 0 Å². The minimum Gasteiger partial charge on any atom is -0.435 e. The van der Waals surface area contributed by atoms with E-state index < -0.39 is 6.61 Å². The van der Waals surface area contributed by atoms with Crippen molar-refractivity contribution < 1.29 is 18.3 Å². The fourth-order valence-electron chi connectivity index (χ4n) is 2.36. The number of aromatic nitrogens is 2. The van der Waals surface area contributed by atoms with Gasteiger partial charge in [-0.2, -0.15) is 8.78 Å². The lowest BCUT2D eigenvalue weighted by atomic mass is 10.2. The number of alkyl halides is 2. The summed E-state index contributed by atoms with van der Waals surface area (Å²) in [5.41, 5.74) is 2.59. The number of imidazole rings is 1. The van der Waals surface area contributed by atoms with E-state index in [1.54, 1.807) is 0 Å². The molecular formula is C18H23F2N3O2S. The zero-order chi connectivity index (χ0) is 19.3. The lowest BCUT2D eigenvalue weighted by Crippen LogP contribution is -2.15. The molecule has 1 aromatic carbocycles. The number of amides is 1. The van der Waals surface area contributed by atoms with Crippen molar-refractivity contribution in [2.45, 2.75) is 46.0 Å². The number of ether oxygens (including phenoxy) is 1. The van der Waals surface area contributed by atoms with E-state index in [1.807, 2.05) is 13.8 Å². The van der Waals surface area contributed by atoms with Crippen LogP contribution in [0.25, 0.3) is 0 Å². The van der Waals surface area contributed by atoms with E-state index in [0.717, 1.165) is 23.1 Å². The Morgan fingerprint density at radius 2 is 1.92 bits per heavy atom. The largest absolute Gasteiger partial charge is 0.435 e. The zero-order valence-corrected chi connectivity index (χ0v) is 16.1. The van der Waals surface area contributed by atoms with Crippen LogP contribution in [-0.2, 0) is 11.3 Å².